The molecule has 0 amide bonds. The highest BCUT2D eigenvalue weighted by Crippen LogP contribution is 2.38. The summed E-state index contributed by atoms with van der Waals surface area (Å²) in [6, 6.07) is 12.0. The third-order valence-electron chi connectivity index (χ3n) is 6.34. The summed E-state index contributed by atoms with van der Waals surface area (Å²) < 4.78 is 59.4. The summed E-state index contributed by atoms with van der Waals surface area (Å²) in [5, 5.41) is 0.487. The van der Waals surface area contributed by atoms with Gasteiger partial charge < -0.3 is 13.9 Å². The molecule has 43 heavy (non-hydrogen) atoms. The van der Waals surface area contributed by atoms with Crippen LogP contribution in [0, 0.1) is 0 Å². The Labute approximate surface area is 254 Å². The maximum atomic E-state index is 14.3. The summed E-state index contributed by atoms with van der Waals surface area (Å²) in [6.07, 6.45) is -3.68. The molecule has 2 aromatic carbocycles. The summed E-state index contributed by atoms with van der Waals surface area (Å²) in [4.78, 5) is 42.1. The Bertz CT molecular complexity index is 1960. The normalized spacial score (nSPS) is 15.2. The van der Waals surface area contributed by atoms with Gasteiger partial charge in [-0.25, -0.2) is 14.6 Å². The summed E-state index contributed by atoms with van der Waals surface area (Å²) in [7, 11) is 1.22. The second-order valence-corrected chi connectivity index (χ2v) is 10.9. The van der Waals surface area contributed by atoms with Crippen LogP contribution in [0.2, 0.25) is 10.0 Å². The number of allylic oxidation sites excluding steroid dienone is 1. The van der Waals surface area contributed by atoms with Gasteiger partial charge in [-0.2, -0.15) is 13.2 Å². The quantitative estimate of drug-likeness (QED) is 0.249. The minimum atomic E-state index is -5.03. The molecule has 0 radical (unpaired) electrons. The first-order chi connectivity index (χ1) is 20.4. The third-order valence-corrected chi connectivity index (χ3v) is 7.90. The van der Waals surface area contributed by atoms with Gasteiger partial charge in [0.25, 0.3) is 5.56 Å². The lowest BCUT2D eigenvalue weighted by Crippen LogP contribution is -2.41. The molecule has 14 heteroatoms. The number of esters is 2. The molecule has 3 heterocycles. The predicted molar refractivity (Wildman–Crippen MR) is 153 cm³/mol. The van der Waals surface area contributed by atoms with Gasteiger partial charge in [0.05, 0.1) is 40.5 Å². The molecule has 0 fully saturated rings. The Morgan fingerprint density at radius 3 is 2.47 bits per heavy atom. The number of halogens is 5. The largest absolute Gasteiger partial charge is 0.465 e. The van der Waals surface area contributed by atoms with Crippen LogP contribution in [0.1, 0.15) is 34.6 Å². The molecule has 222 valence electrons. The summed E-state index contributed by atoms with van der Waals surface area (Å²) >= 11 is 12.8. The fourth-order valence-electron chi connectivity index (χ4n) is 4.46. The van der Waals surface area contributed by atoms with E-state index in [9.17, 15) is 27.6 Å². The molecule has 0 N–H and O–H groups in total. The number of benzene rings is 2. The summed E-state index contributed by atoms with van der Waals surface area (Å²) in [5.74, 6) is -1.38. The fraction of sp³-hybridized carbons (Fsp3) is 0.172. The van der Waals surface area contributed by atoms with Crippen molar-refractivity contribution in [3.05, 3.63) is 112 Å². The Morgan fingerprint density at radius 2 is 1.81 bits per heavy atom. The molecule has 0 unspecified atom stereocenters. The van der Waals surface area contributed by atoms with Crippen molar-refractivity contribution in [2.24, 2.45) is 4.99 Å². The van der Waals surface area contributed by atoms with Crippen LogP contribution in [-0.4, -0.2) is 36.4 Å². The Morgan fingerprint density at radius 1 is 1.09 bits per heavy atom. The van der Waals surface area contributed by atoms with Gasteiger partial charge in [-0.1, -0.05) is 46.7 Å². The van der Waals surface area contributed by atoms with Crippen molar-refractivity contribution >= 4 is 52.6 Å². The minimum absolute atomic E-state index is 0.00315. The van der Waals surface area contributed by atoms with Crippen LogP contribution >= 0.6 is 34.5 Å². The first-order valence-electron chi connectivity index (χ1n) is 12.5. The van der Waals surface area contributed by atoms with Crippen molar-refractivity contribution < 1.29 is 36.7 Å². The van der Waals surface area contributed by atoms with Crippen molar-refractivity contribution in [2.75, 3.05) is 13.7 Å². The molecule has 0 spiro atoms. The van der Waals surface area contributed by atoms with Gasteiger partial charge in [0.1, 0.15) is 11.5 Å². The van der Waals surface area contributed by atoms with Gasteiger partial charge in [0, 0.05) is 16.7 Å². The van der Waals surface area contributed by atoms with Crippen molar-refractivity contribution in [1.29, 1.82) is 0 Å². The van der Waals surface area contributed by atoms with Gasteiger partial charge in [0.15, 0.2) is 10.5 Å². The first-order valence-corrected chi connectivity index (χ1v) is 14.0. The number of hydrogen-bond donors (Lipinski definition) is 0. The SMILES string of the molecule is CCOC(=O)C1=C(C(F)(F)F)N=c2s/c(=C\c3ccc(-c4ccc(Cl)c(C(=O)OC)c4)o3)c(=O)n2[C@H]1c1ccc(Cl)cc1. The van der Waals surface area contributed by atoms with E-state index in [1.54, 1.807) is 18.2 Å². The molecule has 1 aliphatic rings. The van der Waals surface area contributed by atoms with E-state index in [0.29, 0.717) is 27.7 Å². The number of nitrogens with zero attached hydrogens (tertiary/aromatic N) is 2. The molecule has 0 saturated heterocycles. The highest BCUT2D eigenvalue weighted by atomic mass is 35.5. The highest BCUT2D eigenvalue weighted by molar-refractivity contribution is 7.07. The lowest BCUT2D eigenvalue weighted by atomic mass is 9.95. The molecule has 0 saturated carbocycles. The molecule has 8 nitrogen and oxygen atoms in total. The number of thiazole rings is 1. The summed E-state index contributed by atoms with van der Waals surface area (Å²) in [6.45, 7) is 1.26. The number of alkyl halides is 3. The number of furan rings is 1. The standard InChI is InChI=1S/C29H19Cl2F3N2O6S/c1-3-41-27(39)22-23(14-4-7-16(30)8-5-14)36-25(37)21(43-28(36)35-24(22)29(32,33)34)13-17-9-11-20(42-17)15-6-10-19(31)18(12-15)26(38)40-2/h4-13,23H,3H2,1-2H3/b21-13-/t23-/m0/s1. The molecule has 5 rings (SSSR count). The minimum Gasteiger partial charge on any atom is -0.465 e. The topological polar surface area (TPSA) is 100 Å². The lowest BCUT2D eigenvalue weighted by Gasteiger charge is -2.26. The van der Waals surface area contributed by atoms with Crippen LogP contribution < -0.4 is 14.9 Å². The highest BCUT2D eigenvalue weighted by Gasteiger charge is 2.45. The van der Waals surface area contributed by atoms with Crippen molar-refractivity contribution in [1.82, 2.24) is 4.57 Å². The molecule has 0 bridgehead atoms. The Balaban J connectivity index is 1.67. The monoisotopic (exact) mass is 650 g/mol. The third kappa shape index (κ3) is 5.90. The van der Waals surface area contributed by atoms with Crippen LogP contribution in [-0.2, 0) is 14.3 Å². The predicted octanol–water partition coefficient (Wildman–Crippen LogP) is 5.69. The van der Waals surface area contributed by atoms with Crippen molar-refractivity contribution in [3.8, 4) is 11.3 Å². The lowest BCUT2D eigenvalue weighted by molar-refractivity contribution is -0.140. The van der Waals surface area contributed by atoms with E-state index < -0.39 is 41.0 Å². The smallest absolute Gasteiger partial charge is 0.434 e. The first kappa shape index (κ1) is 30.3. The van der Waals surface area contributed by atoms with E-state index >= 15 is 0 Å². The molecule has 1 aliphatic heterocycles. The van der Waals surface area contributed by atoms with Gasteiger partial charge in [0.2, 0.25) is 0 Å². The molecule has 1 atom stereocenters. The molecule has 4 aromatic rings. The molecular formula is C29H19Cl2F3N2O6S. The van der Waals surface area contributed by atoms with Gasteiger partial charge in [-0.3, -0.25) is 9.36 Å². The van der Waals surface area contributed by atoms with E-state index in [0.717, 1.165) is 4.57 Å². The van der Waals surface area contributed by atoms with Crippen molar-refractivity contribution in [3.63, 3.8) is 0 Å². The number of fused-ring (bicyclic) bond motifs is 1. The van der Waals surface area contributed by atoms with Crippen LogP contribution in [0.5, 0.6) is 0 Å². The molecular weight excluding hydrogens is 632 g/mol. The van der Waals surface area contributed by atoms with Crippen LogP contribution in [0.4, 0.5) is 13.2 Å². The molecule has 0 aliphatic carbocycles. The number of carbonyl (C=O) groups is 2. The van der Waals surface area contributed by atoms with Gasteiger partial charge >= 0.3 is 18.1 Å². The van der Waals surface area contributed by atoms with Crippen molar-refractivity contribution in [2.45, 2.75) is 19.1 Å². The fourth-order valence-corrected chi connectivity index (χ4v) is 5.76. The average molecular weight is 651 g/mol. The number of ether oxygens (including phenoxy) is 2. The average Bonchev–Trinajstić information content (AvgIpc) is 3.56. The maximum absolute atomic E-state index is 14.3. The Kier molecular flexibility index (Phi) is 8.37. The number of hydrogen-bond acceptors (Lipinski definition) is 8. The maximum Gasteiger partial charge on any atom is 0.434 e. The zero-order valence-electron chi connectivity index (χ0n) is 22.2. The summed E-state index contributed by atoms with van der Waals surface area (Å²) in [5.41, 5.74) is -2.18. The zero-order valence-corrected chi connectivity index (χ0v) is 24.5. The van der Waals surface area contributed by atoms with Gasteiger partial charge in [-0.05, 0) is 55.0 Å². The number of carbonyl (C=O) groups excluding carboxylic acids is 2. The van der Waals surface area contributed by atoms with Crippen LogP contribution in [0.3, 0.4) is 0 Å². The second-order valence-electron chi connectivity index (χ2n) is 9.00. The van der Waals surface area contributed by atoms with E-state index in [2.05, 4.69) is 4.99 Å². The number of methoxy groups -OCH3 is 1. The van der Waals surface area contributed by atoms with Crippen LogP contribution in [0.25, 0.3) is 17.4 Å². The Hall–Kier alpha value is -4.13. The van der Waals surface area contributed by atoms with E-state index in [1.165, 1.54) is 56.5 Å². The number of aromatic nitrogens is 1. The van der Waals surface area contributed by atoms with Gasteiger partial charge in [-0.15, -0.1) is 0 Å². The van der Waals surface area contributed by atoms with E-state index in [4.69, 9.17) is 37.1 Å². The van der Waals surface area contributed by atoms with E-state index in [-0.39, 0.29) is 37.9 Å². The number of rotatable bonds is 6. The zero-order chi connectivity index (χ0) is 31.1. The molecule has 2 aromatic heterocycles. The van der Waals surface area contributed by atoms with Crippen LogP contribution in [0.15, 0.2) is 80.1 Å². The second kappa shape index (κ2) is 11.9. The van der Waals surface area contributed by atoms with E-state index in [1.807, 2.05) is 0 Å².